The van der Waals surface area contributed by atoms with Crippen molar-refractivity contribution in [2.45, 2.75) is 13.3 Å². The number of fused-ring (bicyclic) bond motifs is 1. The van der Waals surface area contributed by atoms with Crippen LogP contribution in [0.2, 0.25) is 0 Å². The summed E-state index contributed by atoms with van der Waals surface area (Å²) in [5.41, 5.74) is 1.32. The van der Waals surface area contributed by atoms with E-state index < -0.39 is 7.45 Å². The van der Waals surface area contributed by atoms with Crippen molar-refractivity contribution >= 4 is 45.2 Å². The predicted molar refractivity (Wildman–Crippen MR) is 85.3 cm³/mol. The molecule has 1 aliphatic rings. The largest absolute Gasteiger partial charge is 0.334 e. The van der Waals surface area contributed by atoms with E-state index in [4.69, 9.17) is 0 Å². The Morgan fingerprint density at radius 3 is 3.06 bits per heavy atom. The van der Waals surface area contributed by atoms with Crippen LogP contribution in [0.3, 0.4) is 0 Å². The zero-order valence-corrected chi connectivity index (χ0v) is 14.3. The van der Waals surface area contributed by atoms with Gasteiger partial charge in [0.15, 0.2) is 5.69 Å². The number of rotatable bonds is 4. The summed E-state index contributed by atoms with van der Waals surface area (Å²) in [4.78, 5) is 14.4. The van der Waals surface area contributed by atoms with Crippen LogP contribution in [0.15, 0.2) is 6.08 Å². The van der Waals surface area contributed by atoms with Crippen molar-refractivity contribution < 1.29 is 4.79 Å². The zero-order chi connectivity index (χ0) is 13.1. The predicted octanol–water partition coefficient (Wildman–Crippen LogP) is 2.58. The van der Waals surface area contributed by atoms with E-state index in [9.17, 15) is 4.79 Å². The molecular weight excluding hydrogens is 304 g/mol. The van der Waals surface area contributed by atoms with Crippen molar-refractivity contribution in [3.8, 4) is 0 Å². The maximum absolute atomic E-state index is 12.5. The minimum Gasteiger partial charge on any atom is -0.334 e. The zero-order valence-electron chi connectivity index (χ0n) is 10.1. The molecule has 0 aliphatic carbocycles. The Morgan fingerprint density at radius 1 is 1.61 bits per heavy atom. The van der Waals surface area contributed by atoms with Crippen molar-refractivity contribution in [2.24, 2.45) is 0 Å². The van der Waals surface area contributed by atoms with Gasteiger partial charge in [0, 0.05) is 13.1 Å². The second-order valence-electron chi connectivity index (χ2n) is 3.84. The molecule has 4 atom stereocenters. The highest BCUT2D eigenvalue weighted by molar-refractivity contribution is 8.60. The molecule has 0 saturated heterocycles. The molecule has 1 aliphatic heterocycles. The molecule has 2 rings (SSSR count). The van der Waals surface area contributed by atoms with Crippen LogP contribution in [0, 0.1) is 0 Å². The molecule has 4 unspecified atom stereocenters. The summed E-state index contributed by atoms with van der Waals surface area (Å²) in [7, 11) is 5.56. The fourth-order valence-electron chi connectivity index (χ4n) is 1.78. The number of aromatic nitrogens is 3. The van der Waals surface area contributed by atoms with Gasteiger partial charge in [0.05, 0.1) is 7.45 Å². The van der Waals surface area contributed by atoms with Crippen LogP contribution < -0.4 is 0 Å². The van der Waals surface area contributed by atoms with Gasteiger partial charge in [-0.05, 0) is 20.5 Å². The Labute approximate surface area is 114 Å². The number of hydrogen-bond acceptors (Lipinski definition) is 3. The van der Waals surface area contributed by atoms with Gasteiger partial charge in [-0.15, -0.1) is 14.0 Å². The van der Waals surface area contributed by atoms with E-state index in [2.05, 4.69) is 35.1 Å². The lowest BCUT2D eigenvalue weighted by molar-refractivity contribution is 0.0768. The standard InChI is InChI=1S/C9H16N4OP4/c1-2-5-12-6-3-4-7-8(9(12)14)13(11-10-7)18(16)17-15/h3-4,17H,2,5-6,15-16H2,1H3. The summed E-state index contributed by atoms with van der Waals surface area (Å²) in [5, 5.41) is 8.23. The number of carbonyl (C=O) groups excluding carboxylic acids is 1. The lowest BCUT2D eigenvalue weighted by Gasteiger charge is -2.20. The van der Waals surface area contributed by atoms with E-state index in [-0.39, 0.29) is 5.91 Å². The topological polar surface area (TPSA) is 51.0 Å². The summed E-state index contributed by atoms with van der Waals surface area (Å²) >= 11 is 0. The maximum atomic E-state index is 12.5. The van der Waals surface area contributed by atoms with E-state index in [1.54, 1.807) is 4.45 Å². The molecule has 1 aromatic heterocycles. The second-order valence-corrected chi connectivity index (χ2v) is 12.7. The van der Waals surface area contributed by atoms with Crippen LogP contribution in [-0.2, 0) is 0 Å². The Hall–Kier alpha value is 0.0700. The van der Waals surface area contributed by atoms with Gasteiger partial charge in [-0.1, -0.05) is 27.1 Å². The Bertz CT molecular complexity index is 475. The first-order chi connectivity index (χ1) is 8.69. The van der Waals surface area contributed by atoms with Crippen molar-refractivity contribution in [3.05, 3.63) is 17.5 Å². The molecule has 0 bridgehead atoms. The van der Waals surface area contributed by atoms with Crippen molar-refractivity contribution in [1.29, 1.82) is 0 Å². The summed E-state index contributed by atoms with van der Waals surface area (Å²) in [6.45, 7) is 3.50. The van der Waals surface area contributed by atoms with E-state index in [1.807, 2.05) is 17.1 Å². The van der Waals surface area contributed by atoms with Crippen molar-refractivity contribution in [3.63, 3.8) is 0 Å². The lowest BCUT2D eigenvalue weighted by Crippen LogP contribution is -2.32. The quantitative estimate of drug-likeness (QED) is 0.801. The molecule has 1 amide bonds. The van der Waals surface area contributed by atoms with Crippen molar-refractivity contribution in [2.75, 3.05) is 13.1 Å². The Balaban J connectivity index is 2.41. The van der Waals surface area contributed by atoms with Crippen LogP contribution >= 0.6 is 33.3 Å². The van der Waals surface area contributed by atoms with Gasteiger partial charge >= 0.3 is 0 Å². The molecule has 0 N–H and O–H groups in total. The number of amides is 1. The SMILES string of the molecule is CCCN1CC=Cc2nnn(P(P)PP)c2C1=O. The number of hydrogen-bond donors (Lipinski definition) is 0. The highest BCUT2D eigenvalue weighted by Crippen LogP contribution is 2.66. The fourth-order valence-corrected chi connectivity index (χ4v) is 4.64. The van der Waals surface area contributed by atoms with Gasteiger partial charge < -0.3 is 4.90 Å². The average molecular weight is 320 g/mol. The summed E-state index contributed by atoms with van der Waals surface area (Å²) in [5.74, 6) is 0.0417. The normalized spacial score (nSPS) is 17.3. The molecule has 0 fully saturated rings. The fraction of sp³-hybridized carbons (Fsp3) is 0.444. The van der Waals surface area contributed by atoms with Crippen molar-refractivity contribution in [1.82, 2.24) is 19.7 Å². The molecule has 0 radical (unpaired) electrons. The smallest absolute Gasteiger partial charge is 0.275 e. The summed E-state index contributed by atoms with van der Waals surface area (Å²) in [6, 6.07) is 0. The third-order valence-corrected chi connectivity index (χ3v) is 12.0. The molecule has 0 spiro atoms. The number of nitrogens with zero attached hydrogens (tertiary/aromatic N) is 4. The third-order valence-electron chi connectivity index (χ3n) is 2.60. The molecule has 1 aromatic rings. The Morgan fingerprint density at radius 2 is 2.39 bits per heavy atom. The van der Waals surface area contributed by atoms with Crippen LogP contribution in [0.25, 0.3) is 6.08 Å². The van der Waals surface area contributed by atoms with Gasteiger partial charge in [0.1, 0.15) is 5.69 Å². The van der Waals surface area contributed by atoms with Crippen LogP contribution in [-0.4, -0.2) is 38.7 Å². The first-order valence-electron chi connectivity index (χ1n) is 5.62. The summed E-state index contributed by atoms with van der Waals surface area (Å²) < 4.78 is 1.78. The van der Waals surface area contributed by atoms with Crippen LogP contribution in [0.4, 0.5) is 0 Å². The molecule has 98 valence electrons. The van der Waals surface area contributed by atoms with Gasteiger partial charge in [-0.2, -0.15) is 0 Å². The first kappa shape index (κ1) is 14.5. The molecular formula is C9H16N4OP4. The van der Waals surface area contributed by atoms with Crippen LogP contribution in [0.1, 0.15) is 29.5 Å². The highest BCUT2D eigenvalue weighted by atomic mass is 32.6. The monoisotopic (exact) mass is 320 g/mol. The second kappa shape index (κ2) is 6.49. The minimum absolute atomic E-state index is 0.0417. The average Bonchev–Trinajstić information content (AvgIpc) is 2.73. The summed E-state index contributed by atoms with van der Waals surface area (Å²) in [6.07, 6.45) is 4.83. The van der Waals surface area contributed by atoms with E-state index >= 15 is 0 Å². The number of carbonyl (C=O) groups is 1. The van der Waals surface area contributed by atoms with Gasteiger partial charge in [-0.3, -0.25) is 4.79 Å². The first-order valence-corrected chi connectivity index (χ1v) is 12.2. The molecule has 0 saturated carbocycles. The lowest BCUT2D eigenvalue weighted by atomic mass is 10.3. The molecule has 2 heterocycles. The van der Waals surface area contributed by atoms with Gasteiger partial charge in [0.2, 0.25) is 0 Å². The molecule has 9 heteroatoms. The molecule has 18 heavy (non-hydrogen) atoms. The van der Waals surface area contributed by atoms with Gasteiger partial charge in [0.25, 0.3) is 5.91 Å². The maximum Gasteiger partial charge on any atom is 0.275 e. The van der Waals surface area contributed by atoms with E-state index in [1.165, 1.54) is 0 Å². The van der Waals surface area contributed by atoms with Gasteiger partial charge in [-0.25, -0.2) is 4.45 Å². The molecule has 5 nitrogen and oxygen atoms in total. The minimum atomic E-state index is -0.549. The highest BCUT2D eigenvalue weighted by Gasteiger charge is 2.27. The van der Waals surface area contributed by atoms with E-state index in [0.29, 0.717) is 25.9 Å². The van der Waals surface area contributed by atoms with Crippen LogP contribution in [0.5, 0.6) is 0 Å². The molecule has 0 aromatic carbocycles. The Kier molecular flexibility index (Phi) is 5.22. The third kappa shape index (κ3) is 2.81. The van der Waals surface area contributed by atoms with E-state index in [0.717, 1.165) is 13.0 Å².